The Labute approximate surface area is 119 Å². The second kappa shape index (κ2) is 4.68. The Kier molecular flexibility index (Phi) is 3.10. The third-order valence-corrected chi connectivity index (χ3v) is 4.96. The van der Waals surface area contributed by atoms with E-state index in [0.717, 1.165) is 9.78 Å². The largest absolute Gasteiger partial charge is 0.468 e. The highest BCUT2D eigenvalue weighted by atomic mass is 32.1. The van der Waals surface area contributed by atoms with Crippen LogP contribution in [0.4, 0.5) is 0 Å². The summed E-state index contributed by atoms with van der Waals surface area (Å²) in [5.41, 5.74) is 0. The minimum Gasteiger partial charge on any atom is -0.468 e. The number of hydrogen-bond donors (Lipinski definition) is 1. The lowest BCUT2D eigenvalue weighted by atomic mass is 9.89. The van der Waals surface area contributed by atoms with Crippen molar-refractivity contribution in [1.29, 1.82) is 0 Å². The fraction of sp³-hybridized carbons (Fsp3) is 0.462. The summed E-state index contributed by atoms with van der Waals surface area (Å²) in [6.45, 7) is 0. The molecule has 2 amide bonds. The number of nitrogens with one attached hydrogen (secondary N) is 1. The fourth-order valence-electron chi connectivity index (χ4n) is 3.03. The number of rotatable bonds is 2. The van der Waals surface area contributed by atoms with E-state index in [1.54, 1.807) is 0 Å². The number of likely N-dealkylation sites (tertiary alicyclic amines) is 1. The molecule has 0 spiro atoms. The van der Waals surface area contributed by atoms with E-state index in [4.69, 9.17) is 4.74 Å². The van der Waals surface area contributed by atoms with Gasteiger partial charge in [0.05, 0.1) is 25.0 Å². The van der Waals surface area contributed by atoms with E-state index >= 15 is 0 Å². The molecule has 1 aromatic heterocycles. The molecule has 1 aromatic rings. The zero-order valence-corrected chi connectivity index (χ0v) is 11.8. The summed E-state index contributed by atoms with van der Waals surface area (Å²) >= 11 is 1.50. The maximum Gasteiger partial charge on any atom is 0.323 e. The summed E-state index contributed by atoms with van der Waals surface area (Å²) in [5.74, 6) is -2.27. The summed E-state index contributed by atoms with van der Waals surface area (Å²) in [6.07, 6.45) is 0. The van der Waals surface area contributed by atoms with Gasteiger partial charge in [0.2, 0.25) is 11.8 Å². The highest BCUT2D eigenvalue weighted by molar-refractivity contribution is 7.10. The molecule has 4 atom stereocenters. The number of amides is 2. The maximum atomic E-state index is 12.3. The molecule has 2 saturated heterocycles. The van der Waals surface area contributed by atoms with Gasteiger partial charge in [-0.2, -0.15) is 0 Å². The van der Waals surface area contributed by atoms with Gasteiger partial charge in [0, 0.05) is 11.9 Å². The summed E-state index contributed by atoms with van der Waals surface area (Å²) in [5, 5.41) is 5.00. The Bertz CT molecular complexity index is 571. The zero-order valence-electron chi connectivity index (χ0n) is 11.0. The molecule has 3 rings (SSSR count). The number of fused-ring (bicyclic) bond motifs is 1. The van der Waals surface area contributed by atoms with Crippen LogP contribution in [0.25, 0.3) is 0 Å². The van der Waals surface area contributed by atoms with Crippen LogP contribution in [0.5, 0.6) is 0 Å². The van der Waals surface area contributed by atoms with Crippen LogP contribution in [0.15, 0.2) is 17.5 Å². The molecule has 0 saturated carbocycles. The zero-order chi connectivity index (χ0) is 14.4. The molecule has 0 radical (unpaired) electrons. The van der Waals surface area contributed by atoms with Crippen molar-refractivity contribution < 1.29 is 19.1 Å². The Morgan fingerprint density at radius 1 is 1.35 bits per heavy atom. The summed E-state index contributed by atoms with van der Waals surface area (Å²) in [7, 11) is 2.74. The smallest absolute Gasteiger partial charge is 0.323 e. The molecular formula is C13H14N2O4S. The van der Waals surface area contributed by atoms with E-state index in [0.29, 0.717) is 0 Å². The average molecular weight is 294 g/mol. The van der Waals surface area contributed by atoms with Crippen molar-refractivity contribution in [2.45, 2.75) is 12.1 Å². The van der Waals surface area contributed by atoms with Gasteiger partial charge >= 0.3 is 5.97 Å². The van der Waals surface area contributed by atoms with Crippen molar-refractivity contribution in [3.63, 3.8) is 0 Å². The average Bonchev–Trinajstić information content (AvgIpc) is 3.13. The van der Waals surface area contributed by atoms with E-state index in [2.05, 4.69) is 5.32 Å². The highest BCUT2D eigenvalue weighted by Crippen LogP contribution is 2.44. The number of carbonyl (C=O) groups excluding carboxylic acids is 3. The predicted molar refractivity (Wildman–Crippen MR) is 70.8 cm³/mol. The van der Waals surface area contributed by atoms with E-state index in [-0.39, 0.29) is 17.9 Å². The van der Waals surface area contributed by atoms with Crippen LogP contribution >= 0.6 is 11.3 Å². The molecule has 1 N–H and O–H groups in total. The lowest BCUT2D eigenvalue weighted by Gasteiger charge is -2.18. The molecular weight excluding hydrogens is 280 g/mol. The lowest BCUT2D eigenvalue weighted by molar-refractivity contribution is -0.147. The lowest BCUT2D eigenvalue weighted by Crippen LogP contribution is -2.42. The van der Waals surface area contributed by atoms with Crippen molar-refractivity contribution in [2.24, 2.45) is 11.8 Å². The summed E-state index contributed by atoms with van der Waals surface area (Å²) < 4.78 is 4.75. The standard InChI is InChI=1S/C13H14N2O4S/c1-15-11(16)7-8(12(15)17)10(13(18)19-2)14-9(7)6-4-3-5-20-6/h3-5,7-10,14H,1-2H3/t7-,8+,9-,10-/m0/s1. The minimum absolute atomic E-state index is 0.239. The van der Waals surface area contributed by atoms with Gasteiger partial charge in [0.15, 0.2) is 0 Å². The van der Waals surface area contributed by atoms with Gasteiger partial charge in [-0.3, -0.25) is 24.6 Å². The van der Waals surface area contributed by atoms with Gasteiger partial charge in [0.25, 0.3) is 0 Å². The van der Waals surface area contributed by atoms with E-state index < -0.39 is 23.8 Å². The van der Waals surface area contributed by atoms with Gasteiger partial charge in [0.1, 0.15) is 6.04 Å². The van der Waals surface area contributed by atoms with Gasteiger partial charge in [-0.05, 0) is 11.4 Å². The first-order valence-corrected chi connectivity index (χ1v) is 7.13. The summed E-state index contributed by atoms with van der Waals surface area (Å²) in [6, 6.07) is 2.70. The third-order valence-electron chi connectivity index (χ3n) is 4.00. The molecule has 6 nitrogen and oxygen atoms in total. The van der Waals surface area contributed by atoms with Crippen LogP contribution in [-0.2, 0) is 19.1 Å². The Hall–Kier alpha value is -1.73. The molecule has 7 heteroatoms. The van der Waals surface area contributed by atoms with Crippen LogP contribution in [0, 0.1) is 11.8 Å². The monoisotopic (exact) mass is 294 g/mol. The second-order valence-electron chi connectivity index (χ2n) is 4.95. The van der Waals surface area contributed by atoms with Gasteiger partial charge in [-0.25, -0.2) is 0 Å². The SMILES string of the molecule is COC(=O)[C@H]1N[C@@H](c2cccs2)[C@H]2C(=O)N(C)C(=O)[C@H]21. The molecule has 2 fully saturated rings. The van der Waals surface area contributed by atoms with E-state index in [1.807, 2.05) is 17.5 Å². The van der Waals surface area contributed by atoms with E-state index in [1.165, 1.54) is 25.5 Å². The number of thiophene rings is 1. The molecule has 2 aliphatic rings. The first-order chi connectivity index (χ1) is 9.56. The number of methoxy groups -OCH3 is 1. The molecule has 0 bridgehead atoms. The minimum atomic E-state index is -0.765. The molecule has 0 aromatic carbocycles. The maximum absolute atomic E-state index is 12.3. The molecule has 3 heterocycles. The van der Waals surface area contributed by atoms with Gasteiger partial charge in [-0.1, -0.05) is 6.07 Å². The number of hydrogen-bond acceptors (Lipinski definition) is 6. The normalized spacial score (nSPS) is 32.6. The van der Waals surface area contributed by atoms with Crippen LogP contribution in [0.2, 0.25) is 0 Å². The number of carbonyl (C=O) groups is 3. The first kappa shape index (κ1) is 13.3. The molecule has 106 valence electrons. The van der Waals surface area contributed by atoms with Crippen LogP contribution in [0.1, 0.15) is 10.9 Å². The van der Waals surface area contributed by atoms with Crippen LogP contribution in [0.3, 0.4) is 0 Å². The molecule has 0 unspecified atom stereocenters. The Morgan fingerprint density at radius 2 is 2.05 bits per heavy atom. The Morgan fingerprint density at radius 3 is 2.65 bits per heavy atom. The van der Waals surface area contributed by atoms with Crippen molar-refractivity contribution in [3.8, 4) is 0 Å². The van der Waals surface area contributed by atoms with Crippen molar-refractivity contribution in [1.82, 2.24) is 10.2 Å². The number of imide groups is 1. The van der Waals surface area contributed by atoms with E-state index in [9.17, 15) is 14.4 Å². The molecule has 2 aliphatic heterocycles. The van der Waals surface area contributed by atoms with Crippen molar-refractivity contribution >= 4 is 29.1 Å². The third kappa shape index (κ3) is 1.70. The van der Waals surface area contributed by atoms with Crippen molar-refractivity contribution in [3.05, 3.63) is 22.4 Å². The molecule has 0 aliphatic carbocycles. The number of esters is 1. The van der Waals surface area contributed by atoms with Crippen LogP contribution in [-0.4, -0.2) is 42.9 Å². The number of nitrogens with zero attached hydrogens (tertiary/aromatic N) is 1. The first-order valence-electron chi connectivity index (χ1n) is 6.25. The quantitative estimate of drug-likeness (QED) is 0.621. The topological polar surface area (TPSA) is 75.7 Å². The number of ether oxygens (including phenoxy) is 1. The van der Waals surface area contributed by atoms with Gasteiger partial charge in [-0.15, -0.1) is 11.3 Å². The predicted octanol–water partition coefficient (Wildman–Crippen LogP) is 0.165. The van der Waals surface area contributed by atoms with Gasteiger partial charge < -0.3 is 4.74 Å². The fourth-order valence-corrected chi connectivity index (χ4v) is 3.87. The Balaban J connectivity index is 2.02. The van der Waals surface area contributed by atoms with Crippen molar-refractivity contribution in [2.75, 3.05) is 14.2 Å². The second-order valence-corrected chi connectivity index (χ2v) is 5.93. The molecule has 20 heavy (non-hydrogen) atoms. The highest BCUT2D eigenvalue weighted by Gasteiger charge is 2.60. The van der Waals surface area contributed by atoms with Crippen LogP contribution < -0.4 is 5.32 Å². The summed E-state index contributed by atoms with van der Waals surface area (Å²) in [4.78, 5) is 38.4.